The lowest BCUT2D eigenvalue weighted by atomic mass is 9.80. The van der Waals surface area contributed by atoms with Gasteiger partial charge in [-0.25, -0.2) is 4.99 Å². The zero-order valence-corrected chi connectivity index (χ0v) is 20.8. The van der Waals surface area contributed by atoms with Crippen molar-refractivity contribution in [1.82, 2.24) is 0 Å². The number of allylic oxidation sites excluding steroid dienone is 3. The van der Waals surface area contributed by atoms with Crippen LogP contribution in [0, 0.1) is 17.2 Å². The van der Waals surface area contributed by atoms with Crippen LogP contribution in [0.15, 0.2) is 69.8 Å². The normalized spacial score (nSPS) is 18.6. The third-order valence-electron chi connectivity index (χ3n) is 5.51. The molecule has 1 atom stereocenters. The highest BCUT2D eigenvalue weighted by Gasteiger charge is 2.33. The van der Waals surface area contributed by atoms with Gasteiger partial charge in [-0.2, -0.15) is 5.26 Å². The zero-order valence-electron chi connectivity index (χ0n) is 20.8. The summed E-state index contributed by atoms with van der Waals surface area (Å²) in [5, 5.41) is 9.81. The molecule has 0 saturated heterocycles. The van der Waals surface area contributed by atoms with E-state index < -0.39 is 0 Å². The summed E-state index contributed by atoms with van der Waals surface area (Å²) in [6, 6.07) is 10.4. The number of nitrogens with zero attached hydrogens (tertiary/aromatic N) is 4. The summed E-state index contributed by atoms with van der Waals surface area (Å²) in [6.07, 6.45) is 6.89. The second-order valence-electron chi connectivity index (χ2n) is 8.75. The Morgan fingerprint density at radius 2 is 1.94 bits per heavy atom. The predicted molar refractivity (Wildman–Crippen MR) is 138 cm³/mol. The summed E-state index contributed by atoms with van der Waals surface area (Å²) < 4.78 is 5.72. The zero-order chi connectivity index (χ0) is 24.5. The standard InChI is InChI=1S/C23H29N5O.C4H8/c1-7-20(27-15(3)4)21-16(5)29-23(25)19(13-24)22(21)17-9-11-18(12-10-17)28(6)14-26-8-2;1-4-2-3-4/h8-12,14-15,22H,2,7,25H2,1,3-6H3;4H,2-3H2,1H3. The molecule has 6 heteroatoms. The minimum atomic E-state index is -0.313. The topological polar surface area (TPSA) is 87.0 Å². The molecule has 1 aromatic rings. The third-order valence-corrected chi connectivity index (χ3v) is 5.51. The number of benzene rings is 1. The Morgan fingerprint density at radius 1 is 1.33 bits per heavy atom. The summed E-state index contributed by atoms with van der Waals surface area (Å²) in [7, 11) is 1.91. The number of nitriles is 1. The molecule has 2 N–H and O–H groups in total. The van der Waals surface area contributed by atoms with E-state index in [0.717, 1.165) is 34.9 Å². The first-order chi connectivity index (χ1) is 15.7. The maximum Gasteiger partial charge on any atom is 0.205 e. The van der Waals surface area contributed by atoms with Crippen LogP contribution >= 0.6 is 0 Å². The van der Waals surface area contributed by atoms with Crippen LogP contribution in [-0.4, -0.2) is 25.1 Å². The average molecular weight is 448 g/mol. The number of anilines is 1. The summed E-state index contributed by atoms with van der Waals surface area (Å²) in [5.74, 6) is 1.61. The number of aliphatic imine (C=N–C) groups is 2. The van der Waals surface area contributed by atoms with Crippen LogP contribution in [-0.2, 0) is 4.74 Å². The minimum Gasteiger partial charge on any atom is -0.445 e. The summed E-state index contributed by atoms with van der Waals surface area (Å²) in [4.78, 5) is 10.7. The van der Waals surface area contributed by atoms with Gasteiger partial charge in [-0.1, -0.05) is 45.4 Å². The van der Waals surface area contributed by atoms with Crippen molar-refractivity contribution in [2.24, 2.45) is 21.6 Å². The third kappa shape index (κ3) is 7.08. The molecule has 1 aromatic carbocycles. The van der Waals surface area contributed by atoms with Crippen molar-refractivity contribution in [1.29, 1.82) is 5.26 Å². The second kappa shape index (κ2) is 12.1. The molecule has 176 valence electrons. The van der Waals surface area contributed by atoms with Crippen molar-refractivity contribution >= 4 is 17.7 Å². The fourth-order valence-corrected chi connectivity index (χ4v) is 3.53. The van der Waals surface area contributed by atoms with Crippen molar-refractivity contribution in [3.8, 4) is 6.07 Å². The quantitative estimate of drug-likeness (QED) is 0.407. The molecule has 0 spiro atoms. The van der Waals surface area contributed by atoms with Crippen molar-refractivity contribution in [2.45, 2.75) is 65.8 Å². The van der Waals surface area contributed by atoms with E-state index in [0.29, 0.717) is 11.3 Å². The van der Waals surface area contributed by atoms with Gasteiger partial charge in [0.25, 0.3) is 0 Å². The van der Waals surface area contributed by atoms with E-state index in [9.17, 15) is 5.26 Å². The maximum absolute atomic E-state index is 9.81. The smallest absolute Gasteiger partial charge is 0.205 e. The van der Waals surface area contributed by atoms with Crippen LogP contribution in [0.2, 0.25) is 0 Å². The lowest BCUT2D eigenvalue weighted by Gasteiger charge is -2.29. The van der Waals surface area contributed by atoms with Gasteiger partial charge in [-0.05, 0) is 50.8 Å². The minimum absolute atomic E-state index is 0.139. The van der Waals surface area contributed by atoms with E-state index in [1.54, 1.807) is 6.34 Å². The number of ether oxygens (including phenoxy) is 1. The van der Waals surface area contributed by atoms with Gasteiger partial charge < -0.3 is 15.4 Å². The van der Waals surface area contributed by atoms with E-state index in [1.807, 2.05) is 57.0 Å². The lowest BCUT2D eigenvalue weighted by molar-refractivity contribution is 0.283. The fraction of sp³-hybridized carbons (Fsp3) is 0.444. The van der Waals surface area contributed by atoms with Gasteiger partial charge in [-0.3, -0.25) is 4.99 Å². The number of rotatable bonds is 7. The van der Waals surface area contributed by atoms with Crippen LogP contribution in [0.3, 0.4) is 0 Å². The van der Waals surface area contributed by atoms with Crippen LogP contribution < -0.4 is 10.6 Å². The Labute approximate surface area is 198 Å². The Kier molecular flexibility index (Phi) is 9.47. The first kappa shape index (κ1) is 25.9. The Hall–Kier alpha value is -3.33. The molecule has 1 fully saturated rings. The molecule has 2 aliphatic rings. The van der Waals surface area contributed by atoms with Crippen LogP contribution in [0.1, 0.15) is 65.4 Å². The number of nitrogens with two attached hydrogens (primary N) is 1. The molecule has 6 nitrogen and oxygen atoms in total. The predicted octanol–water partition coefficient (Wildman–Crippen LogP) is 6.05. The highest BCUT2D eigenvalue weighted by atomic mass is 16.5. The van der Waals surface area contributed by atoms with E-state index >= 15 is 0 Å². The second-order valence-corrected chi connectivity index (χ2v) is 8.75. The van der Waals surface area contributed by atoms with Crippen molar-refractivity contribution < 1.29 is 4.74 Å². The van der Waals surface area contributed by atoms with Gasteiger partial charge in [0.2, 0.25) is 5.88 Å². The molecule has 33 heavy (non-hydrogen) atoms. The van der Waals surface area contributed by atoms with Gasteiger partial charge in [0.05, 0.1) is 12.3 Å². The number of hydrogen-bond acceptors (Lipinski definition) is 5. The van der Waals surface area contributed by atoms with Crippen LogP contribution in [0.25, 0.3) is 0 Å². The molecule has 1 aliphatic heterocycles. The monoisotopic (exact) mass is 447 g/mol. The molecule has 0 radical (unpaired) electrons. The summed E-state index contributed by atoms with van der Waals surface area (Å²) >= 11 is 0. The first-order valence-electron chi connectivity index (χ1n) is 11.6. The van der Waals surface area contributed by atoms with Crippen LogP contribution in [0.4, 0.5) is 5.69 Å². The Bertz CT molecular complexity index is 988. The van der Waals surface area contributed by atoms with E-state index in [2.05, 4.69) is 31.5 Å². The lowest BCUT2D eigenvalue weighted by Crippen LogP contribution is -2.25. The highest BCUT2D eigenvalue weighted by molar-refractivity contribution is 6.03. The molecule has 0 bridgehead atoms. The first-order valence-corrected chi connectivity index (χ1v) is 11.6. The van der Waals surface area contributed by atoms with Gasteiger partial charge in [-0.15, -0.1) is 0 Å². The molecule has 1 aliphatic carbocycles. The maximum atomic E-state index is 9.81. The van der Waals surface area contributed by atoms with E-state index in [-0.39, 0.29) is 17.8 Å². The molecule has 1 heterocycles. The molecule has 0 amide bonds. The summed E-state index contributed by atoms with van der Waals surface area (Å²) in [5.41, 5.74) is 10.3. The number of hydrogen-bond donors (Lipinski definition) is 1. The van der Waals surface area contributed by atoms with E-state index in [4.69, 9.17) is 15.5 Å². The molecule has 1 saturated carbocycles. The average Bonchev–Trinajstić information content (AvgIpc) is 3.58. The molecule has 3 rings (SSSR count). The summed E-state index contributed by atoms with van der Waals surface area (Å²) in [6.45, 7) is 13.9. The SMILES string of the molecule is C=CN=CN(C)c1ccc(C2C(C#N)=C(N)OC(C)=C2C(CC)=NC(C)C)cc1.CC1CC1. The van der Waals surface area contributed by atoms with Gasteiger partial charge in [0, 0.05) is 36.3 Å². The van der Waals surface area contributed by atoms with Gasteiger partial charge in [0.1, 0.15) is 17.4 Å². The Morgan fingerprint density at radius 3 is 2.39 bits per heavy atom. The van der Waals surface area contributed by atoms with Crippen molar-refractivity contribution in [3.05, 3.63) is 65.4 Å². The molecular formula is C27H37N5O. The van der Waals surface area contributed by atoms with Crippen LogP contribution in [0.5, 0.6) is 0 Å². The largest absolute Gasteiger partial charge is 0.445 e. The highest BCUT2D eigenvalue weighted by Crippen LogP contribution is 2.40. The Balaban J connectivity index is 0.000000866. The molecule has 1 unspecified atom stereocenters. The van der Waals surface area contributed by atoms with Crippen molar-refractivity contribution in [3.63, 3.8) is 0 Å². The van der Waals surface area contributed by atoms with E-state index in [1.165, 1.54) is 19.0 Å². The molecule has 0 aromatic heterocycles. The van der Waals surface area contributed by atoms with Gasteiger partial charge >= 0.3 is 0 Å². The van der Waals surface area contributed by atoms with Crippen molar-refractivity contribution in [2.75, 3.05) is 11.9 Å². The fourth-order valence-electron chi connectivity index (χ4n) is 3.53. The molecular weight excluding hydrogens is 410 g/mol. The van der Waals surface area contributed by atoms with Gasteiger partial charge in [0.15, 0.2) is 0 Å².